The highest BCUT2D eigenvalue weighted by Gasteiger charge is 2.27. The molecule has 1 saturated heterocycles. The lowest BCUT2D eigenvalue weighted by Crippen LogP contribution is -2.44. The lowest BCUT2D eigenvalue weighted by molar-refractivity contribution is 0.0172. The predicted octanol–water partition coefficient (Wildman–Crippen LogP) is 3.90. The zero-order chi connectivity index (χ0) is 16.2. The zero-order valence-corrected chi connectivity index (χ0v) is 15.0. The predicted molar refractivity (Wildman–Crippen MR) is 91.0 cm³/mol. The number of pyridine rings is 1. The van der Waals surface area contributed by atoms with Gasteiger partial charge in [0.25, 0.3) is 0 Å². The lowest BCUT2D eigenvalue weighted by atomic mass is 9.98. The Morgan fingerprint density at radius 3 is 2.95 bits per heavy atom. The van der Waals surface area contributed by atoms with Gasteiger partial charge in [-0.3, -0.25) is 0 Å². The molecule has 1 atom stereocenters. The summed E-state index contributed by atoms with van der Waals surface area (Å²) in [6.45, 7) is 8.01. The first kappa shape index (κ1) is 17.1. The van der Waals surface area contributed by atoms with Crippen molar-refractivity contribution in [3.8, 4) is 0 Å². The first-order chi connectivity index (χ1) is 10.3. The number of amides is 1. The number of ether oxygens (including phenoxy) is 1. The number of aromatic nitrogens is 1. The van der Waals surface area contributed by atoms with E-state index in [2.05, 4.69) is 26.2 Å². The molecule has 122 valence electrons. The van der Waals surface area contributed by atoms with E-state index in [1.165, 1.54) is 0 Å². The Morgan fingerprint density at radius 1 is 1.50 bits per heavy atom. The quantitative estimate of drug-likeness (QED) is 0.820. The van der Waals surface area contributed by atoms with Gasteiger partial charge in [0, 0.05) is 19.6 Å². The number of nitrogens with zero attached hydrogens (tertiary/aromatic N) is 2. The van der Waals surface area contributed by atoms with E-state index < -0.39 is 5.60 Å². The molecule has 1 N–H and O–H groups in total. The van der Waals surface area contributed by atoms with Crippen LogP contribution in [0, 0.1) is 5.92 Å². The molecule has 1 aliphatic heterocycles. The Hall–Kier alpha value is -1.30. The van der Waals surface area contributed by atoms with Crippen molar-refractivity contribution in [1.82, 2.24) is 9.88 Å². The van der Waals surface area contributed by atoms with Gasteiger partial charge in [0.05, 0.1) is 0 Å². The van der Waals surface area contributed by atoms with Crippen LogP contribution in [0.5, 0.6) is 0 Å². The fourth-order valence-electron chi connectivity index (χ4n) is 2.48. The van der Waals surface area contributed by atoms with Gasteiger partial charge >= 0.3 is 6.09 Å². The summed E-state index contributed by atoms with van der Waals surface area (Å²) < 4.78 is 6.27. The lowest BCUT2D eigenvalue weighted by Gasteiger charge is -2.34. The zero-order valence-electron chi connectivity index (χ0n) is 13.4. The molecule has 1 aliphatic rings. The summed E-state index contributed by atoms with van der Waals surface area (Å²) in [5.41, 5.74) is -0.442. The Kier molecular flexibility index (Phi) is 5.67. The highest BCUT2D eigenvalue weighted by molar-refractivity contribution is 9.10. The summed E-state index contributed by atoms with van der Waals surface area (Å²) in [6.07, 6.45) is 1.91. The van der Waals surface area contributed by atoms with Gasteiger partial charge < -0.3 is 15.0 Å². The average Bonchev–Trinajstić information content (AvgIpc) is 2.44. The number of halogens is 1. The minimum absolute atomic E-state index is 0.210. The van der Waals surface area contributed by atoms with Gasteiger partial charge in [0.2, 0.25) is 0 Å². The molecule has 0 unspecified atom stereocenters. The Labute approximate surface area is 140 Å². The maximum Gasteiger partial charge on any atom is 0.410 e. The first-order valence-corrected chi connectivity index (χ1v) is 8.47. The number of piperidine rings is 1. The van der Waals surface area contributed by atoms with Crippen LogP contribution in [0.2, 0.25) is 0 Å². The number of anilines is 1. The van der Waals surface area contributed by atoms with Crippen molar-refractivity contribution in [2.45, 2.75) is 39.2 Å². The van der Waals surface area contributed by atoms with Crippen molar-refractivity contribution in [2.75, 3.05) is 25.0 Å². The van der Waals surface area contributed by atoms with Crippen LogP contribution in [-0.4, -0.2) is 41.2 Å². The minimum Gasteiger partial charge on any atom is -0.444 e. The van der Waals surface area contributed by atoms with Crippen molar-refractivity contribution in [3.05, 3.63) is 22.8 Å². The highest BCUT2D eigenvalue weighted by atomic mass is 79.9. The van der Waals surface area contributed by atoms with Crippen LogP contribution in [0.25, 0.3) is 0 Å². The number of carbonyl (C=O) groups excluding carboxylic acids is 1. The molecule has 2 rings (SSSR count). The average molecular weight is 370 g/mol. The second-order valence-electron chi connectivity index (χ2n) is 6.66. The minimum atomic E-state index is -0.442. The van der Waals surface area contributed by atoms with E-state index >= 15 is 0 Å². The SMILES string of the molecule is CC(C)(C)OC(=O)N1CCC[C@@H](CNc2cccc(Br)n2)C1. The van der Waals surface area contributed by atoms with Crippen molar-refractivity contribution < 1.29 is 9.53 Å². The molecule has 0 radical (unpaired) electrons. The second kappa shape index (κ2) is 7.31. The third-order valence-electron chi connectivity index (χ3n) is 3.46. The molecule has 1 aromatic heterocycles. The molecule has 1 amide bonds. The fraction of sp³-hybridized carbons (Fsp3) is 0.625. The van der Waals surface area contributed by atoms with Gasteiger partial charge in [-0.1, -0.05) is 6.07 Å². The molecule has 0 spiro atoms. The standard InChI is InChI=1S/C16H24BrN3O2/c1-16(2,3)22-15(21)20-9-5-6-12(11-20)10-18-14-8-4-7-13(17)19-14/h4,7-8,12H,5-6,9-11H2,1-3H3,(H,18,19)/t12-/m0/s1. The van der Waals surface area contributed by atoms with Crippen LogP contribution in [0.15, 0.2) is 22.8 Å². The van der Waals surface area contributed by atoms with Crippen molar-refractivity contribution in [2.24, 2.45) is 5.92 Å². The summed E-state index contributed by atoms with van der Waals surface area (Å²) in [7, 11) is 0. The van der Waals surface area contributed by atoms with Gasteiger partial charge in [-0.25, -0.2) is 9.78 Å². The highest BCUT2D eigenvalue weighted by Crippen LogP contribution is 2.20. The molecule has 0 saturated carbocycles. The van der Waals surface area contributed by atoms with Crippen LogP contribution in [0.1, 0.15) is 33.6 Å². The van der Waals surface area contributed by atoms with Crippen molar-refractivity contribution in [3.63, 3.8) is 0 Å². The molecule has 5 nitrogen and oxygen atoms in total. The van der Waals surface area contributed by atoms with E-state index in [4.69, 9.17) is 4.74 Å². The number of nitrogens with one attached hydrogen (secondary N) is 1. The third kappa shape index (κ3) is 5.48. The van der Waals surface area contributed by atoms with E-state index in [1.807, 2.05) is 43.9 Å². The van der Waals surface area contributed by atoms with Crippen LogP contribution in [-0.2, 0) is 4.74 Å². The maximum atomic E-state index is 12.1. The Morgan fingerprint density at radius 2 is 2.27 bits per heavy atom. The molecule has 0 aliphatic carbocycles. The summed E-state index contributed by atoms with van der Waals surface area (Å²) in [5.74, 6) is 1.27. The molecular weight excluding hydrogens is 346 g/mol. The Bertz CT molecular complexity index is 516. The molecule has 1 aromatic rings. The number of likely N-dealkylation sites (tertiary alicyclic amines) is 1. The summed E-state index contributed by atoms with van der Waals surface area (Å²) in [5, 5.41) is 3.34. The molecular formula is C16H24BrN3O2. The topological polar surface area (TPSA) is 54.5 Å². The second-order valence-corrected chi connectivity index (χ2v) is 7.47. The van der Waals surface area contributed by atoms with E-state index in [1.54, 1.807) is 0 Å². The smallest absolute Gasteiger partial charge is 0.410 e. The number of rotatable bonds is 3. The number of hydrogen-bond acceptors (Lipinski definition) is 4. The van der Waals surface area contributed by atoms with Gasteiger partial charge in [-0.15, -0.1) is 0 Å². The van der Waals surface area contributed by atoms with E-state index in [9.17, 15) is 4.79 Å². The largest absolute Gasteiger partial charge is 0.444 e. The van der Waals surface area contributed by atoms with Crippen LogP contribution < -0.4 is 5.32 Å². The van der Waals surface area contributed by atoms with E-state index in [-0.39, 0.29) is 6.09 Å². The fourth-order valence-corrected chi connectivity index (χ4v) is 2.82. The molecule has 22 heavy (non-hydrogen) atoms. The molecule has 1 fully saturated rings. The Balaban J connectivity index is 1.84. The summed E-state index contributed by atoms with van der Waals surface area (Å²) in [4.78, 5) is 18.3. The summed E-state index contributed by atoms with van der Waals surface area (Å²) in [6, 6.07) is 5.79. The number of carbonyl (C=O) groups is 1. The van der Waals surface area contributed by atoms with Gasteiger partial charge in [-0.2, -0.15) is 0 Å². The van der Waals surface area contributed by atoms with Crippen LogP contribution in [0.3, 0.4) is 0 Å². The van der Waals surface area contributed by atoms with Crippen molar-refractivity contribution in [1.29, 1.82) is 0 Å². The van der Waals surface area contributed by atoms with Crippen LogP contribution in [0.4, 0.5) is 10.6 Å². The molecule has 0 aromatic carbocycles. The maximum absolute atomic E-state index is 12.1. The van der Waals surface area contributed by atoms with Gasteiger partial charge in [-0.05, 0) is 67.6 Å². The van der Waals surface area contributed by atoms with Crippen LogP contribution >= 0.6 is 15.9 Å². The molecule has 6 heteroatoms. The van der Waals surface area contributed by atoms with Gasteiger partial charge in [0.1, 0.15) is 16.0 Å². The molecule has 2 heterocycles. The monoisotopic (exact) mass is 369 g/mol. The normalized spacial score (nSPS) is 18.9. The van der Waals surface area contributed by atoms with Crippen molar-refractivity contribution >= 4 is 27.8 Å². The van der Waals surface area contributed by atoms with Gasteiger partial charge in [0.15, 0.2) is 0 Å². The third-order valence-corrected chi connectivity index (χ3v) is 3.90. The first-order valence-electron chi connectivity index (χ1n) is 7.68. The molecule has 0 bridgehead atoms. The van der Waals surface area contributed by atoms with E-state index in [0.717, 1.165) is 42.9 Å². The summed E-state index contributed by atoms with van der Waals surface area (Å²) >= 11 is 3.36. The number of hydrogen-bond donors (Lipinski definition) is 1. The van der Waals surface area contributed by atoms with E-state index in [0.29, 0.717) is 5.92 Å².